The number of oxazole rings is 1. The number of nitro benzene ring substituents is 1. The number of nitrogens with zero attached hydrogens (tertiary/aromatic N) is 2. The SMILES string of the molecule is COc1ccc(-c2nc3cc([N+](=O)[O-])cc(C)c3o2)c(OC)c1. The lowest BCUT2D eigenvalue weighted by atomic mass is 10.2. The van der Waals surface area contributed by atoms with E-state index in [1.807, 2.05) is 0 Å². The highest BCUT2D eigenvalue weighted by molar-refractivity contribution is 5.82. The highest BCUT2D eigenvalue weighted by Gasteiger charge is 2.18. The first-order valence-corrected chi connectivity index (χ1v) is 6.81. The van der Waals surface area contributed by atoms with Crippen LogP contribution < -0.4 is 9.47 Å². The molecular formula is C16H14N2O5. The van der Waals surface area contributed by atoms with Gasteiger partial charge in [0.25, 0.3) is 5.69 Å². The molecule has 0 atom stereocenters. The van der Waals surface area contributed by atoms with Gasteiger partial charge in [0.1, 0.15) is 17.0 Å². The van der Waals surface area contributed by atoms with E-state index in [1.54, 1.807) is 32.2 Å². The molecule has 0 unspecified atom stereocenters. The third-order valence-corrected chi connectivity index (χ3v) is 3.51. The van der Waals surface area contributed by atoms with Crippen molar-refractivity contribution in [2.45, 2.75) is 6.92 Å². The van der Waals surface area contributed by atoms with Crippen molar-refractivity contribution in [1.82, 2.24) is 4.98 Å². The first-order chi connectivity index (χ1) is 11.0. The van der Waals surface area contributed by atoms with Crippen molar-refractivity contribution in [3.63, 3.8) is 0 Å². The van der Waals surface area contributed by atoms with Crippen LogP contribution in [-0.4, -0.2) is 24.1 Å². The molecule has 3 rings (SSSR count). The first-order valence-electron chi connectivity index (χ1n) is 6.81. The van der Waals surface area contributed by atoms with Crippen molar-refractivity contribution in [2.24, 2.45) is 0 Å². The summed E-state index contributed by atoms with van der Waals surface area (Å²) in [5.74, 6) is 1.53. The van der Waals surface area contributed by atoms with Crippen LogP contribution in [-0.2, 0) is 0 Å². The molecule has 7 heteroatoms. The molecule has 1 aromatic heterocycles. The minimum atomic E-state index is -0.450. The summed E-state index contributed by atoms with van der Waals surface area (Å²) in [4.78, 5) is 14.9. The van der Waals surface area contributed by atoms with E-state index in [9.17, 15) is 10.1 Å². The number of rotatable bonds is 4. The molecule has 0 aliphatic carbocycles. The number of aromatic nitrogens is 1. The largest absolute Gasteiger partial charge is 0.497 e. The van der Waals surface area contributed by atoms with Crippen LogP contribution in [0.5, 0.6) is 11.5 Å². The van der Waals surface area contributed by atoms with Crippen LogP contribution in [0, 0.1) is 17.0 Å². The molecule has 7 nitrogen and oxygen atoms in total. The molecule has 23 heavy (non-hydrogen) atoms. The summed E-state index contributed by atoms with van der Waals surface area (Å²) in [5, 5.41) is 11.0. The summed E-state index contributed by atoms with van der Waals surface area (Å²) in [7, 11) is 3.10. The van der Waals surface area contributed by atoms with Gasteiger partial charge in [-0.25, -0.2) is 4.98 Å². The van der Waals surface area contributed by atoms with Gasteiger partial charge in [0.2, 0.25) is 5.89 Å². The smallest absolute Gasteiger partial charge is 0.272 e. The fourth-order valence-electron chi connectivity index (χ4n) is 2.38. The van der Waals surface area contributed by atoms with Crippen molar-refractivity contribution in [1.29, 1.82) is 0 Å². The van der Waals surface area contributed by atoms with Crippen LogP contribution in [0.1, 0.15) is 5.56 Å². The van der Waals surface area contributed by atoms with E-state index in [1.165, 1.54) is 19.2 Å². The Morgan fingerprint density at radius 2 is 1.96 bits per heavy atom. The van der Waals surface area contributed by atoms with Crippen molar-refractivity contribution in [3.8, 4) is 23.0 Å². The zero-order valence-electron chi connectivity index (χ0n) is 12.8. The molecule has 118 valence electrons. The number of non-ortho nitro benzene ring substituents is 1. The molecule has 0 saturated carbocycles. The maximum absolute atomic E-state index is 11.0. The van der Waals surface area contributed by atoms with E-state index < -0.39 is 4.92 Å². The Morgan fingerprint density at radius 3 is 2.61 bits per heavy atom. The second-order valence-electron chi connectivity index (χ2n) is 4.95. The van der Waals surface area contributed by atoms with E-state index in [0.717, 1.165) is 0 Å². The molecule has 0 fully saturated rings. The number of methoxy groups -OCH3 is 2. The van der Waals surface area contributed by atoms with Gasteiger partial charge in [0, 0.05) is 23.8 Å². The average Bonchev–Trinajstić information content (AvgIpc) is 2.98. The van der Waals surface area contributed by atoms with Gasteiger partial charge in [-0.2, -0.15) is 0 Å². The lowest BCUT2D eigenvalue weighted by molar-refractivity contribution is -0.384. The Kier molecular flexibility index (Phi) is 3.61. The fraction of sp³-hybridized carbons (Fsp3) is 0.188. The van der Waals surface area contributed by atoms with E-state index in [4.69, 9.17) is 13.9 Å². The first kappa shape index (κ1) is 14.8. The third kappa shape index (κ3) is 2.57. The molecule has 0 radical (unpaired) electrons. The Morgan fingerprint density at radius 1 is 1.17 bits per heavy atom. The maximum atomic E-state index is 11.0. The predicted octanol–water partition coefficient (Wildman–Crippen LogP) is 3.73. The number of fused-ring (bicyclic) bond motifs is 1. The molecule has 2 aromatic carbocycles. The molecule has 0 saturated heterocycles. The molecule has 0 amide bonds. The van der Waals surface area contributed by atoms with E-state index in [-0.39, 0.29) is 5.69 Å². The predicted molar refractivity (Wildman–Crippen MR) is 83.9 cm³/mol. The van der Waals surface area contributed by atoms with Gasteiger partial charge >= 0.3 is 0 Å². The summed E-state index contributed by atoms with van der Waals surface area (Å²) in [6, 6.07) is 8.11. The van der Waals surface area contributed by atoms with Gasteiger partial charge in [-0.1, -0.05) is 0 Å². The minimum Gasteiger partial charge on any atom is -0.497 e. The quantitative estimate of drug-likeness (QED) is 0.538. The van der Waals surface area contributed by atoms with Gasteiger partial charge in [-0.15, -0.1) is 0 Å². The number of hydrogen-bond donors (Lipinski definition) is 0. The topological polar surface area (TPSA) is 87.6 Å². The van der Waals surface area contributed by atoms with Crippen molar-refractivity contribution >= 4 is 16.8 Å². The van der Waals surface area contributed by atoms with Crippen molar-refractivity contribution in [2.75, 3.05) is 14.2 Å². The number of nitro groups is 1. The normalized spacial score (nSPS) is 10.7. The summed E-state index contributed by atoms with van der Waals surface area (Å²) in [6.07, 6.45) is 0. The summed E-state index contributed by atoms with van der Waals surface area (Å²) in [6.45, 7) is 1.75. The third-order valence-electron chi connectivity index (χ3n) is 3.51. The van der Waals surface area contributed by atoms with Gasteiger partial charge in [-0.05, 0) is 19.1 Å². The minimum absolute atomic E-state index is 0.0171. The zero-order chi connectivity index (χ0) is 16.6. The molecule has 0 bridgehead atoms. The maximum Gasteiger partial charge on any atom is 0.272 e. The van der Waals surface area contributed by atoms with Crippen LogP contribution in [0.15, 0.2) is 34.7 Å². The Labute approximate surface area is 131 Å². The summed E-state index contributed by atoms with van der Waals surface area (Å²) in [5.41, 5.74) is 2.23. The monoisotopic (exact) mass is 314 g/mol. The van der Waals surface area contributed by atoms with Gasteiger partial charge in [-0.3, -0.25) is 10.1 Å². The van der Waals surface area contributed by atoms with Crippen LogP contribution in [0.2, 0.25) is 0 Å². The fourth-order valence-corrected chi connectivity index (χ4v) is 2.38. The highest BCUT2D eigenvalue weighted by atomic mass is 16.6. The molecule has 0 aliphatic heterocycles. The van der Waals surface area contributed by atoms with E-state index >= 15 is 0 Å². The van der Waals surface area contributed by atoms with Crippen LogP contribution in [0.4, 0.5) is 5.69 Å². The lowest BCUT2D eigenvalue weighted by Crippen LogP contribution is -1.90. The van der Waals surface area contributed by atoms with Crippen LogP contribution in [0.25, 0.3) is 22.6 Å². The Balaban J connectivity index is 2.18. The van der Waals surface area contributed by atoms with E-state index in [0.29, 0.717) is 39.6 Å². The Bertz CT molecular complexity index is 901. The molecule has 3 aromatic rings. The van der Waals surface area contributed by atoms with Crippen LogP contribution >= 0.6 is 0 Å². The molecule has 0 N–H and O–H groups in total. The van der Waals surface area contributed by atoms with Crippen molar-refractivity contribution in [3.05, 3.63) is 46.0 Å². The molecule has 0 spiro atoms. The van der Waals surface area contributed by atoms with Gasteiger partial charge in [0.15, 0.2) is 5.58 Å². The lowest BCUT2D eigenvalue weighted by Gasteiger charge is -2.07. The standard InChI is InChI=1S/C16H14N2O5/c1-9-6-10(18(19)20)7-13-15(9)23-16(17-13)12-5-4-11(21-2)8-14(12)22-3/h4-8H,1-3H3. The second kappa shape index (κ2) is 5.60. The molecular weight excluding hydrogens is 300 g/mol. The zero-order valence-corrected chi connectivity index (χ0v) is 12.8. The van der Waals surface area contributed by atoms with Gasteiger partial charge in [0.05, 0.1) is 24.7 Å². The number of aryl methyl sites for hydroxylation is 1. The van der Waals surface area contributed by atoms with E-state index in [2.05, 4.69) is 4.98 Å². The average molecular weight is 314 g/mol. The molecule has 1 heterocycles. The number of hydrogen-bond acceptors (Lipinski definition) is 6. The number of ether oxygens (including phenoxy) is 2. The van der Waals surface area contributed by atoms with Crippen LogP contribution in [0.3, 0.4) is 0 Å². The Hall–Kier alpha value is -3.09. The second-order valence-corrected chi connectivity index (χ2v) is 4.95. The summed E-state index contributed by atoms with van der Waals surface area (Å²) < 4.78 is 16.3. The van der Waals surface area contributed by atoms with Crippen molar-refractivity contribution < 1.29 is 18.8 Å². The summed E-state index contributed by atoms with van der Waals surface area (Å²) >= 11 is 0. The molecule has 0 aliphatic rings. The van der Waals surface area contributed by atoms with Gasteiger partial charge < -0.3 is 13.9 Å². The highest BCUT2D eigenvalue weighted by Crippen LogP contribution is 2.36. The number of benzene rings is 2.